The number of thiazole rings is 1. The number of carbonyl (C=O) groups is 1. The average molecular weight is 407 g/mol. The fraction of sp³-hybridized carbons (Fsp3) is 0.0500. The molecule has 8 nitrogen and oxygen atoms in total. The molecule has 1 amide bonds. The monoisotopic (exact) mass is 407 g/mol. The first-order chi connectivity index (χ1) is 13.9. The van der Waals surface area contributed by atoms with E-state index in [2.05, 4.69) is 10.3 Å². The van der Waals surface area contributed by atoms with E-state index in [0.717, 1.165) is 16.1 Å². The number of anilines is 1. The zero-order valence-corrected chi connectivity index (χ0v) is 15.9. The molecule has 0 saturated carbocycles. The third-order valence-corrected chi connectivity index (χ3v) is 5.12. The summed E-state index contributed by atoms with van der Waals surface area (Å²) >= 11 is 1.28. The van der Waals surface area contributed by atoms with Crippen LogP contribution in [-0.4, -0.2) is 15.8 Å². The molecule has 0 aliphatic carbocycles. The zero-order chi connectivity index (χ0) is 20.5. The molecule has 29 heavy (non-hydrogen) atoms. The lowest BCUT2D eigenvalue weighted by Crippen LogP contribution is -2.20. The van der Waals surface area contributed by atoms with Crippen LogP contribution in [0.2, 0.25) is 0 Å². The summed E-state index contributed by atoms with van der Waals surface area (Å²) < 4.78 is 5.13. The third kappa shape index (κ3) is 3.63. The molecule has 2 aromatic carbocycles. The molecule has 4 aromatic rings. The normalized spacial score (nSPS) is 10.8. The lowest BCUT2D eigenvalue weighted by atomic mass is 10.1. The fourth-order valence-electron chi connectivity index (χ4n) is 2.86. The van der Waals surface area contributed by atoms with Gasteiger partial charge in [0.1, 0.15) is 11.1 Å². The van der Waals surface area contributed by atoms with Crippen LogP contribution >= 0.6 is 11.3 Å². The zero-order valence-electron chi connectivity index (χ0n) is 15.0. The van der Waals surface area contributed by atoms with Gasteiger partial charge in [0.15, 0.2) is 5.13 Å². The van der Waals surface area contributed by atoms with Gasteiger partial charge in [-0.2, -0.15) is 0 Å². The molecule has 9 heteroatoms. The Morgan fingerprint density at radius 3 is 2.66 bits per heavy atom. The molecule has 0 spiro atoms. The number of benzene rings is 2. The summed E-state index contributed by atoms with van der Waals surface area (Å²) in [5.41, 5.74) is 0.563. The largest absolute Gasteiger partial charge is 0.422 e. The van der Waals surface area contributed by atoms with Crippen LogP contribution in [0.5, 0.6) is 0 Å². The van der Waals surface area contributed by atoms with Crippen molar-refractivity contribution in [3.05, 3.63) is 85.6 Å². The summed E-state index contributed by atoms with van der Waals surface area (Å²) in [7, 11) is 0. The standard InChI is InChI=1S/C20H13N3O5S/c1-11-17(12-5-3-2-4-6-12)21-20(29-11)22-18(24)15-10-13-9-14(23(26)27)7-8-16(13)28-19(15)25/h2-10H,1H3,(H,21,22,24). The second-order valence-corrected chi connectivity index (χ2v) is 7.37. The molecule has 1 N–H and O–H groups in total. The van der Waals surface area contributed by atoms with Crippen molar-refractivity contribution in [3.63, 3.8) is 0 Å². The first kappa shape index (κ1) is 18.5. The lowest BCUT2D eigenvalue weighted by molar-refractivity contribution is -0.384. The quantitative estimate of drug-likeness (QED) is 0.305. The maximum Gasteiger partial charge on any atom is 0.349 e. The predicted octanol–water partition coefficient (Wildman–Crippen LogP) is 4.39. The van der Waals surface area contributed by atoms with Gasteiger partial charge in [0, 0.05) is 28.0 Å². The lowest BCUT2D eigenvalue weighted by Gasteiger charge is -2.02. The number of nitro groups is 1. The highest BCUT2D eigenvalue weighted by Crippen LogP contribution is 2.30. The molecule has 0 aliphatic rings. The first-order valence-electron chi connectivity index (χ1n) is 8.49. The number of amides is 1. The third-order valence-electron chi connectivity index (χ3n) is 4.24. The number of fused-ring (bicyclic) bond motifs is 1. The van der Waals surface area contributed by atoms with Crippen LogP contribution in [0.3, 0.4) is 0 Å². The number of nitrogens with one attached hydrogen (secondary N) is 1. The second kappa shape index (κ2) is 7.28. The highest BCUT2D eigenvalue weighted by molar-refractivity contribution is 7.16. The summed E-state index contributed by atoms with van der Waals surface area (Å²) in [5.74, 6) is -0.694. The van der Waals surface area contributed by atoms with Gasteiger partial charge in [-0.3, -0.25) is 20.2 Å². The molecule has 0 unspecified atom stereocenters. The van der Waals surface area contributed by atoms with Gasteiger partial charge in [0.05, 0.1) is 10.6 Å². The van der Waals surface area contributed by atoms with Crippen LogP contribution in [0.25, 0.3) is 22.2 Å². The topological polar surface area (TPSA) is 115 Å². The molecule has 0 atom stereocenters. The van der Waals surface area contributed by atoms with E-state index in [1.54, 1.807) is 0 Å². The molecule has 144 valence electrons. The molecule has 0 aliphatic heterocycles. The van der Waals surface area contributed by atoms with Crippen LogP contribution in [0.15, 0.2) is 63.8 Å². The van der Waals surface area contributed by atoms with E-state index in [-0.39, 0.29) is 22.2 Å². The number of nitrogens with zero attached hydrogens (tertiary/aromatic N) is 2. The van der Waals surface area contributed by atoms with E-state index in [1.165, 1.54) is 35.6 Å². The summed E-state index contributed by atoms with van der Waals surface area (Å²) in [4.78, 5) is 40.6. The highest BCUT2D eigenvalue weighted by Gasteiger charge is 2.18. The van der Waals surface area contributed by atoms with Crippen LogP contribution < -0.4 is 10.9 Å². The molecule has 0 fully saturated rings. The van der Waals surface area contributed by atoms with E-state index in [4.69, 9.17) is 4.42 Å². The number of non-ortho nitro benzene ring substituents is 1. The number of hydrogen-bond acceptors (Lipinski definition) is 7. The van der Waals surface area contributed by atoms with Crippen molar-refractivity contribution >= 4 is 39.0 Å². The van der Waals surface area contributed by atoms with Crippen molar-refractivity contribution in [3.8, 4) is 11.3 Å². The molecule has 2 heterocycles. The molecular weight excluding hydrogens is 394 g/mol. The molecule has 2 aromatic heterocycles. The maximum absolute atomic E-state index is 12.6. The minimum absolute atomic E-state index is 0.161. The Kier molecular flexibility index (Phi) is 4.65. The van der Waals surface area contributed by atoms with Gasteiger partial charge in [0.2, 0.25) is 0 Å². The number of aryl methyl sites for hydroxylation is 1. The van der Waals surface area contributed by atoms with Crippen LogP contribution in [-0.2, 0) is 0 Å². The SMILES string of the molecule is Cc1sc(NC(=O)c2cc3cc([N+](=O)[O-])ccc3oc2=O)nc1-c1ccccc1. The van der Waals surface area contributed by atoms with E-state index < -0.39 is 16.5 Å². The molecular formula is C20H13N3O5S. The Hall–Kier alpha value is -3.85. The number of aromatic nitrogens is 1. The van der Waals surface area contributed by atoms with Crippen molar-refractivity contribution < 1.29 is 14.1 Å². The number of nitro benzene ring substituents is 1. The minimum atomic E-state index is -0.833. The van der Waals surface area contributed by atoms with Gasteiger partial charge in [-0.1, -0.05) is 30.3 Å². The Labute approximate surface area is 167 Å². The van der Waals surface area contributed by atoms with E-state index in [1.807, 2.05) is 37.3 Å². The number of rotatable bonds is 4. The van der Waals surface area contributed by atoms with Gasteiger partial charge in [0.25, 0.3) is 11.6 Å². The van der Waals surface area contributed by atoms with Gasteiger partial charge < -0.3 is 4.42 Å². The highest BCUT2D eigenvalue weighted by atomic mass is 32.1. The van der Waals surface area contributed by atoms with Crippen molar-refractivity contribution in [2.45, 2.75) is 6.92 Å². The molecule has 0 saturated heterocycles. The number of carbonyl (C=O) groups excluding carboxylic acids is 1. The van der Waals surface area contributed by atoms with Crippen molar-refractivity contribution in [2.75, 3.05) is 5.32 Å². The fourth-order valence-corrected chi connectivity index (χ4v) is 3.69. The average Bonchev–Trinajstić information content (AvgIpc) is 3.07. The first-order valence-corrected chi connectivity index (χ1v) is 9.30. The van der Waals surface area contributed by atoms with E-state index in [9.17, 15) is 19.7 Å². The maximum atomic E-state index is 12.6. The van der Waals surface area contributed by atoms with Crippen molar-refractivity contribution in [1.82, 2.24) is 4.98 Å². The summed E-state index contributed by atoms with van der Waals surface area (Å²) in [6.45, 7) is 1.89. The Morgan fingerprint density at radius 1 is 1.17 bits per heavy atom. The van der Waals surface area contributed by atoms with Crippen LogP contribution in [0.1, 0.15) is 15.2 Å². The van der Waals surface area contributed by atoms with Gasteiger partial charge in [-0.05, 0) is 19.1 Å². The van der Waals surface area contributed by atoms with Crippen molar-refractivity contribution in [1.29, 1.82) is 0 Å². The summed E-state index contributed by atoms with van der Waals surface area (Å²) in [5, 5.41) is 14.2. The van der Waals surface area contributed by atoms with E-state index in [0.29, 0.717) is 5.13 Å². The van der Waals surface area contributed by atoms with Gasteiger partial charge in [-0.15, -0.1) is 11.3 Å². The summed E-state index contributed by atoms with van der Waals surface area (Å²) in [6, 6.07) is 14.6. The Bertz CT molecular complexity index is 1310. The van der Waals surface area contributed by atoms with Gasteiger partial charge >= 0.3 is 5.63 Å². The molecule has 0 radical (unpaired) electrons. The Balaban J connectivity index is 1.66. The van der Waals surface area contributed by atoms with Gasteiger partial charge in [-0.25, -0.2) is 9.78 Å². The van der Waals surface area contributed by atoms with Crippen LogP contribution in [0, 0.1) is 17.0 Å². The van der Waals surface area contributed by atoms with Crippen molar-refractivity contribution in [2.24, 2.45) is 0 Å². The minimum Gasteiger partial charge on any atom is -0.422 e. The van der Waals surface area contributed by atoms with Crippen LogP contribution in [0.4, 0.5) is 10.8 Å². The number of hydrogen-bond donors (Lipinski definition) is 1. The molecule has 4 rings (SSSR count). The van der Waals surface area contributed by atoms with E-state index >= 15 is 0 Å². The Morgan fingerprint density at radius 2 is 1.93 bits per heavy atom. The second-order valence-electron chi connectivity index (χ2n) is 6.17. The molecule has 0 bridgehead atoms. The summed E-state index contributed by atoms with van der Waals surface area (Å²) in [6.07, 6.45) is 0. The smallest absolute Gasteiger partial charge is 0.349 e. The predicted molar refractivity (Wildman–Crippen MR) is 109 cm³/mol.